The highest BCUT2D eigenvalue weighted by molar-refractivity contribution is 5.92. The molecular weight excluding hydrogens is 607 g/mol. The molecule has 1 atom stereocenters. The maximum absolute atomic E-state index is 14.8. The van der Waals surface area contributed by atoms with E-state index in [2.05, 4.69) is 4.74 Å². The van der Waals surface area contributed by atoms with Gasteiger partial charge in [0, 0.05) is 16.5 Å². The molecule has 1 spiro atoms. The van der Waals surface area contributed by atoms with Gasteiger partial charge in [0.25, 0.3) is 0 Å². The maximum Gasteiger partial charge on any atom is 0.522 e. The van der Waals surface area contributed by atoms with Crippen LogP contribution in [0.4, 0.5) is 22.0 Å². The summed E-state index contributed by atoms with van der Waals surface area (Å²) in [7, 11) is 0. The molecule has 0 N–H and O–H groups in total. The van der Waals surface area contributed by atoms with E-state index in [-0.39, 0.29) is 29.5 Å². The second kappa shape index (κ2) is 12.3. The van der Waals surface area contributed by atoms with Crippen molar-refractivity contribution in [3.63, 3.8) is 0 Å². The average molecular weight is 637 g/mol. The first-order valence-corrected chi connectivity index (χ1v) is 14.9. The van der Waals surface area contributed by atoms with Crippen molar-refractivity contribution in [2.75, 3.05) is 6.61 Å². The number of carbonyl (C=O) groups is 2. The van der Waals surface area contributed by atoms with Gasteiger partial charge in [-0.1, -0.05) is 36.4 Å². The molecule has 0 aromatic heterocycles. The minimum absolute atomic E-state index is 0.00285. The van der Waals surface area contributed by atoms with E-state index in [4.69, 9.17) is 9.47 Å². The molecule has 0 bridgehead atoms. The summed E-state index contributed by atoms with van der Waals surface area (Å²) in [5.41, 5.74) is 3.57. The fourth-order valence-electron chi connectivity index (χ4n) is 6.64. The number of hydrogen-bond donors (Lipinski definition) is 0. The number of carbonyl (C=O) groups excluding carboxylic acids is 2. The topological polar surface area (TPSA) is 61.8 Å². The Morgan fingerprint density at radius 3 is 1.83 bits per heavy atom. The van der Waals surface area contributed by atoms with Crippen molar-refractivity contribution in [2.24, 2.45) is 0 Å². The molecule has 0 fully saturated rings. The zero-order chi connectivity index (χ0) is 32.6. The molecule has 10 heteroatoms. The Labute approximate surface area is 261 Å². The Kier molecular flexibility index (Phi) is 8.41. The second-order valence-corrected chi connectivity index (χ2v) is 11.6. The molecule has 46 heavy (non-hydrogen) atoms. The van der Waals surface area contributed by atoms with Crippen LogP contribution < -0.4 is 9.47 Å². The number of esters is 2. The van der Waals surface area contributed by atoms with Crippen molar-refractivity contribution in [3.8, 4) is 11.5 Å². The van der Waals surface area contributed by atoms with E-state index >= 15 is 0 Å². The van der Waals surface area contributed by atoms with Gasteiger partial charge in [-0.15, -0.1) is 13.2 Å². The van der Waals surface area contributed by atoms with Gasteiger partial charge < -0.3 is 9.47 Å². The van der Waals surface area contributed by atoms with Crippen LogP contribution in [0.15, 0.2) is 72.8 Å². The van der Waals surface area contributed by atoms with Crippen molar-refractivity contribution in [2.45, 2.75) is 57.2 Å². The zero-order valence-electron chi connectivity index (χ0n) is 24.8. The standard InChI is InChI=1S/C36H29F5O5/c1-21-10-11-25(19-27(21)37)33(42)45-29-8-2-5-23-14-16-35(31(23)29)17-15-24-6-3-9-30(32(24)35)46-34(43)26-13-12-22(28(38)20-26)7-4-18-44-36(39,40)41/h2-3,5-6,8-13,19-20H,4,7,14-18H2,1H3/t35-/m1/s1. The Morgan fingerprint density at radius 1 is 0.761 bits per heavy atom. The van der Waals surface area contributed by atoms with Crippen LogP contribution in [0.2, 0.25) is 0 Å². The summed E-state index contributed by atoms with van der Waals surface area (Å²) in [6.45, 7) is 0.996. The predicted octanol–water partition coefficient (Wildman–Crippen LogP) is 8.36. The molecule has 0 aliphatic heterocycles. The quantitative estimate of drug-likeness (QED) is 0.0842. The van der Waals surface area contributed by atoms with Gasteiger partial charge in [0.2, 0.25) is 0 Å². The van der Waals surface area contributed by atoms with Gasteiger partial charge >= 0.3 is 18.3 Å². The number of aryl methyl sites for hydroxylation is 4. The summed E-state index contributed by atoms with van der Waals surface area (Å²) in [5, 5.41) is 0. The van der Waals surface area contributed by atoms with Gasteiger partial charge in [-0.3, -0.25) is 4.74 Å². The molecule has 238 valence electrons. The van der Waals surface area contributed by atoms with Gasteiger partial charge in [0.15, 0.2) is 0 Å². The lowest BCUT2D eigenvalue weighted by Gasteiger charge is -2.29. The molecule has 0 amide bonds. The molecule has 0 unspecified atom stereocenters. The van der Waals surface area contributed by atoms with E-state index in [9.17, 15) is 31.5 Å². The van der Waals surface area contributed by atoms with Crippen LogP contribution in [-0.4, -0.2) is 24.9 Å². The van der Waals surface area contributed by atoms with E-state index in [1.807, 2.05) is 12.1 Å². The van der Waals surface area contributed by atoms with Crippen molar-refractivity contribution in [3.05, 3.63) is 129 Å². The summed E-state index contributed by atoms with van der Waals surface area (Å²) >= 11 is 0. The molecule has 5 nitrogen and oxygen atoms in total. The number of rotatable bonds is 8. The number of alkyl halides is 3. The third-order valence-electron chi connectivity index (χ3n) is 8.78. The van der Waals surface area contributed by atoms with Gasteiger partial charge in [-0.25, -0.2) is 18.4 Å². The van der Waals surface area contributed by atoms with Gasteiger partial charge in [0.1, 0.15) is 23.1 Å². The normalized spacial score (nSPS) is 16.7. The minimum Gasteiger partial charge on any atom is -0.423 e. The van der Waals surface area contributed by atoms with Gasteiger partial charge in [-0.05, 0) is 104 Å². The molecule has 2 aliphatic rings. The van der Waals surface area contributed by atoms with Crippen molar-refractivity contribution in [1.29, 1.82) is 0 Å². The molecular formula is C36H29F5O5. The molecule has 6 rings (SSSR count). The second-order valence-electron chi connectivity index (χ2n) is 11.6. The lowest BCUT2D eigenvalue weighted by molar-refractivity contribution is -0.324. The Bertz CT molecular complexity index is 1830. The molecule has 0 radical (unpaired) electrons. The van der Waals surface area contributed by atoms with Crippen LogP contribution in [0.3, 0.4) is 0 Å². The molecule has 0 heterocycles. The van der Waals surface area contributed by atoms with Crippen LogP contribution in [0.25, 0.3) is 0 Å². The smallest absolute Gasteiger partial charge is 0.423 e. The third kappa shape index (κ3) is 6.13. The van der Waals surface area contributed by atoms with Crippen molar-refractivity contribution in [1.82, 2.24) is 0 Å². The Hall–Kier alpha value is -4.57. The Balaban J connectivity index is 1.26. The van der Waals surface area contributed by atoms with E-state index in [0.717, 1.165) is 34.4 Å². The average Bonchev–Trinajstić information content (AvgIpc) is 3.59. The lowest BCUT2D eigenvalue weighted by Crippen LogP contribution is -2.24. The van der Waals surface area contributed by atoms with Gasteiger partial charge in [0.05, 0.1) is 17.7 Å². The number of hydrogen-bond acceptors (Lipinski definition) is 5. The minimum atomic E-state index is -4.75. The molecule has 2 aliphatic carbocycles. The van der Waals surface area contributed by atoms with Gasteiger partial charge in [-0.2, -0.15) is 0 Å². The highest BCUT2D eigenvalue weighted by atomic mass is 19.4. The van der Waals surface area contributed by atoms with E-state index in [1.54, 1.807) is 31.2 Å². The highest BCUT2D eigenvalue weighted by Crippen LogP contribution is 2.57. The molecule has 0 saturated heterocycles. The van der Waals surface area contributed by atoms with Crippen molar-refractivity contribution >= 4 is 11.9 Å². The Morgan fingerprint density at radius 2 is 1.30 bits per heavy atom. The van der Waals surface area contributed by atoms with E-state index in [1.165, 1.54) is 24.3 Å². The van der Waals surface area contributed by atoms with Crippen LogP contribution in [0.1, 0.15) is 73.4 Å². The summed E-state index contributed by atoms with van der Waals surface area (Å²) in [6.07, 6.45) is -2.07. The number of halogens is 5. The third-order valence-corrected chi connectivity index (χ3v) is 8.78. The SMILES string of the molecule is Cc1ccc(C(=O)Oc2cccc3c2[C@@]2(CC3)CCc3cccc(OC(=O)c4ccc(CCCOC(F)(F)F)c(F)c4)c32)cc1F. The van der Waals surface area contributed by atoms with Crippen molar-refractivity contribution < 1.29 is 45.8 Å². The fraction of sp³-hybridized carbons (Fsp3) is 0.278. The lowest BCUT2D eigenvalue weighted by atomic mass is 9.76. The predicted molar refractivity (Wildman–Crippen MR) is 158 cm³/mol. The van der Waals surface area contributed by atoms with E-state index < -0.39 is 42.0 Å². The van der Waals surface area contributed by atoms with Crippen LogP contribution in [0, 0.1) is 18.6 Å². The van der Waals surface area contributed by atoms with Crippen LogP contribution in [0.5, 0.6) is 11.5 Å². The maximum atomic E-state index is 14.8. The molecule has 4 aromatic rings. The summed E-state index contributed by atoms with van der Waals surface area (Å²) in [6, 6.07) is 18.8. The number of ether oxygens (including phenoxy) is 3. The molecule has 0 saturated carbocycles. The number of fused-ring (bicyclic) bond motifs is 4. The monoisotopic (exact) mass is 636 g/mol. The largest absolute Gasteiger partial charge is 0.522 e. The zero-order valence-corrected chi connectivity index (χ0v) is 24.8. The van der Waals surface area contributed by atoms with Crippen LogP contribution in [-0.2, 0) is 29.4 Å². The first kappa shape index (κ1) is 31.4. The highest BCUT2D eigenvalue weighted by Gasteiger charge is 2.49. The summed E-state index contributed by atoms with van der Waals surface area (Å²) < 4.78 is 81.2. The first-order valence-electron chi connectivity index (χ1n) is 14.9. The summed E-state index contributed by atoms with van der Waals surface area (Å²) in [5.74, 6) is -2.06. The first-order chi connectivity index (χ1) is 21.9. The summed E-state index contributed by atoms with van der Waals surface area (Å²) in [4.78, 5) is 26.4. The van der Waals surface area contributed by atoms with Crippen LogP contribution >= 0.6 is 0 Å². The molecule has 4 aromatic carbocycles. The fourth-order valence-corrected chi connectivity index (χ4v) is 6.64. The van der Waals surface area contributed by atoms with E-state index in [0.29, 0.717) is 42.7 Å². The number of benzene rings is 4.